The molecule has 1 aliphatic heterocycles. The van der Waals surface area contributed by atoms with Crippen molar-refractivity contribution in [2.75, 3.05) is 18.1 Å². The summed E-state index contributed by atoms with van der Waals surface area (Å²) in [6.07, 6.45) is 5.54. The fourth-order valence-electron chi connectivity index (χ4n) is 3.14. The zero-order chi connectivity index (χ0) is 19.5. The normalized spacial score (nSPS) is 16.3. The van der Waals surface area contributed by atoms with Crippen LogP contribution in [0.1, 0.15) is 41.6 Å². The first-order valence-corrected chi connectivity index (χ1v) is 9.94. The highest BCUT2D eigenvalue weighted by molar-refractivity contribution is 6.34. The van der Waals surface area contributed by atoms with Gasteiger partial charge in [0.2, 0.25) is 11.8 Å². The van der Waals surface area contributed by atoms with Crippen LogP contribution in [-0.2, 0) is 11.3 Å². The number of halogens is 1. The molecule has 2 fully saturated rings. The van der Waals surface area contributed by atoms with Crippen molar-refractivity contribution in [2.45, 2.75) is 32.2 Å². The monoisotopic (exact) mass is 399 g/mol. The lowest BCUT2D eigenvalue weighted by Crippen LogP contribution is -2.26. The lowest BCUT2D eigenvalue weighted by atomic mass is 10.1. The number of benzene rings is 1. The number of ether oxygens (including phenoxy) is 1. The van der Waals surface area contributed by atoms with Crippen LogP contribution >= 0.6 is 11.6 Å². The molecular formula is C21H22ClN3O3. The Labute approximate surface area is 168 Å². The number of nitrogens with zero attached hydrogens (tertiary/aromatic N) is 2. The molecule has 0 unspecified atom stereocenters. The van der Waals surface area contributed by atoms with E-state index in [4.69, 9.17) is 16.3 Å². The van der Waals surface area contributed by atoms with Crippen LogP contribution in [-0.4, -0.2) is 29.9 Å². The Morgan fingerprint density at radius 2 is 2.14 bits per heavy atom. The lowest BCUT2D eigenvalue weighted by molar-refractivity contribution is -0.117. The van der Waals surface area contributed by atoms with Gasteiger partial charge in [-0.3, -0.25) is 9.59 Å². The molecule has 1 N–H and O–H groups in total. The molecular weight excluding hydrogens is 378 g/mol. The number of carbonyl (C=O) groups is 2. The number of hydrogen-bond donors (Lipinski definition) is 1. The topological polar surface area (TPSA) is 71.5 Å². The maximum absolute atomic E-state index is 12.6. The highest BCUT2D eigenvalue weighted by Gasteiger charge is 2.23. The maximum atomic E-state index is 12.6. The minimum atomic E-state index is -0.285. The second kappa shape index (κ2) is 8.19. The zero-order valence-electron chi connectivity index (χ0n) is 15.5. The summed E-state index contributed by atoms with van der Waals surface area (Å²) in [5.41, 5.74) is 1.93. The molecule has 0 atom stereocenters. The second-order valence-electron chi connectivity index (χ2n) is 7.25. The van der Waals surface area contributed by atoms with Crippen molar-refractivity contribution < 1.29 is 14.3 Å². The van der Waals surface area contributed by atoms with E-state index in [1.807, 2.05) is 12.1 Å². The molecule has 1 aliphatic carbocycles. The summed E-state index contributed by atoms with van der Waals surface area (Å²) < 4.78 is 5.62. The summed E-state index contributed by atoms with van der Waals surface area (Å²) in [6, 6.07) is 8.80. The fraction of sp³-hybridized carbons (Fsp3) is 0.381. The predicted octanol–water partition coefficient (Wildman–Crippen LogP) is 3.58. The smallest absolute Gasteiger partial charge is 0.253 e. The van der Waals surface area contributed by atoms with Crippen molar-refractivity contribution in [1.29, 1.82) is 0 Å². The number of pyridine rings is 1. The molecule has 1 saturated carbocycles. The highest BCUT2D eigenvalue weighted by atomic mass is 35.5. The van der Waals surface area contributed by atoms with Crippen molar-refractivity contribution in [3.63, 3.8) is 0 Å². The van der Waals surface area contributed by atoms with Crippen LogP contribution in [0.25, 0.3) is 0 Å². The second-order valence-corrected chi connectivity index (χ2v) is 7.66. The maximum Gasteiger partial charge on any atom is 0.253 e. The molecule has 7 heteroatoms. The van der Waals surface area contributed by atoms with E-state index in [1.54, 1.807) is 29.3 Å². The number of anilines is 1. The van der Waals surface area contributed by atoms with Gasteiger partial charge in [-0.25, -0.2) is 4.98 Å². The van der Waals surface area contributed by atoms with E-state index < -0.39 is 0 Å². The number of hydrogen-bond acceptors (Lipinski definition) is 4. The Morgan fingerprint density at radius 1 is 1.29 bits per heavy atom. The van der Waals surface area contributed by atoms with Gasteiger partial charge in [0.1, 0.15) is 0 Å². The molecule has 6 nitrogen and oxygen atoms in total. The van der Waals surface area contributed by atoms with E-state index in [9.17, 15) is 9.59 Å². The van der Waals surface area contributed by atoms with Gasteiger partial charge in [0, 0.05) is 37.5 Å². The van der Waals surface area contributed by atoms with Crippen LogP contribution in [0.5, 0.6) is 5.88 Å². The largest absolute Gasteiger partial charge is 0.477 e. The van der Waals surface area contributed by atoms with Crippen molar-refractivity contribution >= 4 is 29.1 Å². The Morgan fingerprint density at radius 3 is 2.82 bits per heavy atom. The summed E-state index contributed by atoms with van der Waals surface area (Å²) in [6.45, 7) is 1.72. The van der Waals surface area contributed by atoms with E-state index >= 15 is 0 Å². The van der Waals surface area contributed by atoms with Crippen molar-refractivity contribution in [2.24, 2.45) is 5.92 Å². The highest BCUT2D eigenvalue weighted by Crippen LogP contribution is 2.29. The van der Waals surface area contributed by atoms with Gasteiger partial charge in [0.25, 0.3) is 5.91 Å². The Bertz CT molecular complexity index is 881. The molecule has 2 aromatic rings. The van der Waals surface area contributed by atoms with Crippen molar-refractivity contribution in [3.8, 4) is 5.88 Å². The first-order valence-electron chi connectivity index (χ1n) is 9.56. The first kappa shape index (κ1) is 18.7. The molecule has 2 aliphatic rings. The molecule has 1 aromatic carbocycles. The van der Waals surface area contributed by atoms with Gasteiger partial charge in [-0.2, -0.15) is 0 Å². The summed E-state index contributed by atoms with van der Waals surface area (Å²) in [5, 5.41) is 3.21. The minimum absolute atomic E-state index is 0.0729. The number of carbonyl (C=O) groups excluding carboxylic acids is 2. The Kier molecular flexibility index (Phi) is 5.48. The van der Waals surface area contributed by atoms with Gasteiger partial charge < -0.3 is 15.0 Å². The summed E-state index contributed by atoms with van der Waals surface area (Å²) in [5.74, 6) is 1.07. The molecule has 146 valence electrons. The quantitative estimate of drug-likeness (QED) is 0.772. The van der Waals surface area contributed by atoms with Crippen LogP contribution in [0, 0.1) is 5.92 Å². The zero-order valence-corrected chi connectivity index (χ0v) is 16.2. The van der Waals surface area contributed by atoms with Crippen LogP contribution < -0.4 is 15.0 Å². The van der Waals surface area contributed by atoms with E-state index in [0.29, 0.717) is 47.6 Å². The molecule has 2 amide bonds. The Hall–Kier alpha value is -2.60. The van der Waals surface area contributed by atoms with E-state index in [0.717, 1.165) is 18.6 Å². The molecule has 4 rings (SSSR count). The van der Waals surface area contributed by atoms with Crippen LogP contribution in [0.2, 0.25) is 5.02 Å². The van der Waals surface area contributed by atoms with Gasteiger partial charge in [0.15, 0.2) is 0 Å². The average molecular weight is 400 g/mol. The molecule has 28 heavy (non-hydrogen) atoms. The molecule has 0 radical (unpaired) electrons. The minimum Gasteiger partial charge on any atom is -0.477 e. The van der Waals surface area contributed by atoms with Gasteiger partial charge in [-0.15, -0.1) is 0 Å². The SMILES string of the molecule is O=C(NCc1ccc(OCC2CC2)nc1)c1cc(N2CCCC2=O)ccc1Cl. The van der Waals surface area contributed by atoms with E-state index in [2.05, 4.69) is 10.3 Å². The molecule has 0 bridgehead atoms. The number of rotatable bonds is 7. The van der Waals surface area contributed by atoms with Crippen LogP contribution in [0.4, 0.5) is 5.69 Å². The predicted molar refractivity (Wildman–Crippen MR) is 107 cm³/mol. The van der Waals surface area contributed by atoms with Gasteiger partial charge in [-0.1, -0.05) is 17.7 Å². The van der Waals surface area contributed by atoms with Crippen molar-refractivity contribution in [3.05, 3.63) is 52.7 Å². The summed E-state index contributed by atoms with van der Waals surface area (Å²) in [4.78, 5) is 30.5. The number of nitrogens with one attached hydrogen (secondary N) is 1. The fourth-order valence-corrected chi connectivity index (χ4v) is 3.35. The van der Waals surface area contributed by atoms with E-state index in [-0.39, 0.29) is 11.8 Å². The number of aromatic nitrogens is 1. The van der Waals surface area contributed by atoms with Crippen LogP contribution in [0.15, 0.2) is 36.5 Å². The van der Waals surface area contributed by atoms with Gasteiger partial charge >= 0.3 is 0 Å². The van der Waals surface area contributed by atoms with Gasteiger partial charge in [0.05, 0.1) is 17.2 Å². The van der Waals surface area contributed by atoms with Gasteiger partial charge in [-0.05, 0) is 48.9 Å². The van der Waals surface area contributed by atoms with Crippen molar-refractivity contribution in [1.82, 2.24) is 10.3 Å². The Balaban J connectivity index is 1.37. The van der Waals surface area contributed by atoms with E-state index in [1.165, 1.54) is 12.8 Å². The third kappa shape index (κ3) is 4.44. The standard InChI is InChI=1S/C21H22ClN3O3/c22-18-7-6-16(25-9-1-2-20(25)26)10-17(18)21(27)24-12-15-5-8-19(23-11-15)28-13-14-3-4-14/h5-8,10-11,14H,1-4,9,12-13H2,(H,24,27). The molecule has 1 saturated heterocycles. The third-order valence-electron chi connectivity index (χ3n) is 4.99. The summed E-state index contributed by atoms with van der Waals surface area (Å²) >= 11 is 6.21. The summed E-state index contributed by atoms with van der Waals surface area (Å²) in [7, 11) is 0. The average Bonchev–Trinajstić information content (AvgIpc) is 3.45. The number of amides is 2. The third-order valence-corrected chi connectivity index (χ3v) is 5.32. The molecule has 1 aromatic heterocycles. The molecule has 0 spiro atoms. The lowest BCUT2D eigenvalue weighted by Gasteiger charge is -2.17. The molecule has 2 heterocycles. The first-order chi connectivity index (χ1) is 13.6. The van der Waals surface area contributed by atoms with Crippen LogP contribution in [0.3, 0.4) is 0 Å².